The van der Waals surface area contributed by atoms with E-state index in [-0.39, 0.29) is 0 Å². The Kier molecular flexibility index (Phi) is 4.65. The number of hydrogen-bond donors (Lipinski definition) is 1. The van der Waals surface area contributed by atoms with Crippen LogP contribution in [0.5, 0.6) is 0 Å². The Bertz CT molecular complexity index is 635. The van der Waals surface area contributed by atoms with E-state index in [2.05, 4.69) is 65.8 Å². The van der Waals surface area contributed by atoms with Gasteiger partial charge in [-0.1, -0.05) is 6.07 Å². The van der Waals surface area contributed by atoms with Gasteiger partial charge in [0, 0.05) is 12.5 Å². The van der Waals surface area contributed by atoms with E-state index < -0.39 is 0 Å². The zero-order chi connectivity index (χ0) is 13.1. The van der Waals surface area contributed by atoms with Gasteiger partial charge in [-0.2, -0.15) is 5.26 Å². The molecule has 2 nitrogen and oxygen atoms in total. The van der Waals surface area contributed by atoms with Crippen molar-refractivity contribution in [2.75, 3.05) is 5.32 Å². The average molecular weight is 478 g/mol. The summed E-state index contributed by atoms with van der Waals surface area (Å²) in [6, 6.07) is 13.8. The molecule has 0 aliphatic heterocycles. The number of benzene rings is 2. The third-order valence-electron chi connectivity index (χ3n) is 2.33. The van der Waals surface area contributed by atoms with E-state index in [1.165, 1.54) is 0 Å². The Hall–Kier alpha value is -0.580. The van der Waals surface area contributed by atoms with Gasteiger partial charge in [0.1, 0.15) is 6.07 Å². The summed E-state index contributed by atoms with van der Waals surface area (Å²) in [5, 5.41) is 12.4. The zero-order valence-corrected chi connectivity index (χ0v) is 14.4. The fourth-order valence-electron chi connectivity index (χ4n) is 1.48. The molecule has 0 spiro atoms. The minimum Gasteiger partial charge on any atom is -0.353 e. The molecule has 0 saturated carbocycles. The van der Waals surface area contributed by atoms with E-state index in [9.17, 15) is 0 Å². The number of halogens is 3. The third kappa shape index (κ3) is 3.05. The Labute approximate surface area is 136 Å². The van der Waals surface area contributed by atoms with Gasteiger partial charge in [0.25, 0.3) is 0 Å². The summed E-state index contributed by atoms with van der Waals surface area (Å²) in [7, 11) is 0. The quantitative estimate of drug-likeness (QED) is 0.585. The number of hydrogen-bond acceptors (Lipinski definition) is 2. The number of anilines is 2. The SMILES string of the molecule is N#Cc1c(Br)cccc1Nc1ccc(I)cc1Br. The van der Waals surface area contributed by atoms with Crippen LogP contribution in [0, 0.1) is 14.9 Å². The highest BCUT2D eigenvalue weighted by molar-refractivity contribution is 14.1. The summed E-state index contributed by atoms with van der Waals surface area (Å²) >= 11 is 9.14. The van der Waals surface area contributed by atoms with Crippen molar-refractivity contribution in [3.05, 3.63) is 54.5 Å². The lowest BCUT2D eigenvalue weighted by atomic mass is 10.2. The molecule has 0 aromatic heterocycles. The van der Waals surface area contributed by atoms with Gasteiger partial charge in [-0.15, -0.1) is 0 Å². The molecule has 2 rings (SSSR count). The molecule has 1 N–H and O–H groups in total. The second-order valence-electron chi connectivity index (χ2n) is 3.52. The van der Waals surface area contributed by atoms with Crippen LogP contribution in [-0.4, -0.2) is 0 Å². The minimum atomic E-state index is 0.600. The summed E-state index contributed by atoms with van der Waals surface area (Å²) in [6.45, 7) is 0. The lowest BCUT2D eigenvalue weighted by Crippen LogP contribution is -1.95. The van der Waals surface area contributed by atoms with Gasteiger partial charge in [0.05, 0.1) is 16.9 Å². The van der Waals surface area contributed by atoms with E-state index >= 15 is 0 Å². The summed E-state index contributed by atoms with van der Waals surface area (Å²) in [6.07, 6.45) is 0. The van der Waals surface area contributed by atoms with Crippen LogP contribution in [0.1, 0.15) is 5.56 Å². The molecule has 0 unspecified atom stereocenters. The maximum absolute atomic E-state index is 9.16. The van der Waals surface area contributed by atoms with Crippen molar-refractivity contribution >= 4 is 65.8 Å². The maximum atomic E-state index is 9.16. The minimum absolute atomic E-state index is 0.600. The zero-order valence-electron chi connectivity index (χ0n) is 9.05. The van der Waals surface area contributed by atoms with E-state index in [0.29, 0.717) is 5.56 Å². The van der Waals surface area contributed by atoms with Crippen molar-refractivity contribution in [3.63, 3.8) is 0 Å². The number of nitrogens with zero attached hydrogens (tertiary/aromatic N) is 1. The van der Waals surface area contributed by atoms with Crippen LogP contribution in [0.15, 0.2) is 45.3 Å². The second-order valence-corrected chi connectivity index (χ2v) is 6.48. The van der Waals surface area contributed by atoms with Crippen LogP contribution in [0.4, 0.5) is 11.4 Å². The predicted octanol–water partition coefficient (Wildman–Crippen LogP) is 5.43. The Balaban J connectivity index is 2.41. The highest BCUT2D eigenvalue weighted by atomic mass is 127. The van der Waals surface area contributed by atoms with Crippen molar-refractivity contribution < 1.29 is 0 Å². The summed E-state index contributed by atoms with van der Waals surface area (Å²) in [5.41, 5.74) is 2.32. The topological polar surface area (TPSA) is 35.8 Å². The highest BCUT2D eigenvalue weighted by Crippen LogP contribution is 2.31. The van der Waals surface area contributed by atoms with Crippen LogP contribution in [-0.2, 0) is 0 Å². The van der Waals surface area contributed by atoms with Gasteiger partial charge in [0.2, 0.25) is 0 Å². The molecule has 2 aromatic rings. The largest absolute Gasteiger partial charge is 0.353 e. The van der Waals surface area contributed by atoms with Crippen LogP contribution in [0.3, 0.4) is 0 Å². The van der Waals surface area contributed by atoms with Crippen molar-refractivity contribution in [2.45, 2.75) is 0 Å². The average Bonchev–Trinajstić information content (AvgIpc) is 2.33. The molecule has 90 valence electrons. The molecule has 0 fully saturated rings. The monoisotopic (exact) mass is 476 g/mol. The fraction of sp³-hybridized carbons (Fsp3) is 0. The van der Waals surface area contributed by atoms with Gasteiger partial charge in [-0.05, 0) is 84.8 Å². The van der Waals surface area contributed by atoms with E-state index in [0.717, 1.165) is 23.9 Å². The predicted molar refractivity (Wildman–Crippen MR) is 89.0 cm³/mol. The first-order valence-corrected chi connectivity index (χ1v) is 7.69. The summed E-state index contributed by atoms with van der Waals surface area (Å²) in [5.74, 6) is 0. The molecule has 0 heterocycles. The normalized spacial score (nSPS) is 9.89. The maximum Gasteiger partial charge on any atom is 0.103 e. The molecule has 0 saturated heterocycles. The molecule has 0 atom stereocenters. The van der Waals surface area contributed by atoms with E-state index in [1.54, 1.807) is 0 Å². The molecular formula is C13H7Br2IN2. The van der Waals surface area contributed by atoms with Crippen LogP contribution in [0.2, 0.25) is 0 Å². The third-order valence-corrected chi connectivity index (χ3v) is 4.31. The standard InChI is InChI=1S/C13H7Br2IN2/c14-10-2-1-3-12(9(10)7-17)18-13-5-4-8(16)6-11(13)15/h1-6,18H. The lowest BCUT2D eigenvalue weighted by Gasteiger charge is -2.11. The summed E-state index contributed by atoms with van der Waals surface area (Å²) in [4.78, 5) is 0. The first-order valence-electron chi connectivity index (χ1n) is 5.02. The molecule has 0 amide bonds. The first kappa shape index (κ1) is 13.8. The van der Waals surface area contributed by atoms with Gasteiger partial charge in [-0.25, -0.2) is 0 Å². The number of rotatable bonds is 2. The fourth-order valence-corrected chi connectivity index (χ4v) is 3.33. The van der Waals surface area contributed by atoms with Crippen molar-refractivity contribution in [2.24, 2.45) is 0 Å². The van der Waals surface area contributed by atoms with Gasteiger partial charge in [-0.3, -0.25) is 0 Å². The number of nitriles is 1. The van der Waals surface area contributed by atoms with Crippen molar-refractivity contribution in [1.29, 1.82) is 5.26 Å². The second kappa shape index (κ2) is 6.04. The molecule has 0 radical (unpaired) electrons. The molecular weight excluding hydrogens is 471 g/mol. The van der Waals surface area contributed by atoms with Gasteiger partial charge < -0.3 is 5.32 Å². The van der Waals surface area contributed by atoms with Crippen LogP contribution in [0.25, 0.3) is 0 Å². The lowest BCUT2D eigenvalue weighted by molar-refractivity contribution is 1.43. The van der Waals surface area contributed by atoms with E-state index in [4.69, 9.17) is 5.26 Å². The highest BCUT2D eigenvalue weighted by Gasteiger charge is 2.07. The molecule has 0 aliphatic rings. The summed E-state index contributed by atoms with van der Waals surface area (Å²) < 4.78 is 2.91. The Morgan fingerprint density at radius 2 is 1.83 bits per heavy atom. The Morgan fingerprint density at radius 1 is 1.06 bits per heavy atom. The molecule has 18 heavy (non-hydrogen) atoms. The van der Waals surface area contributed by atoms with Gasteiger partial charge >= 0.3 is 0 Å². The smallest absolute Gasteiger partial charge is 0.103 e. The number of nitrogens with one attached hydrogen (secondary N) is 1. The molecule has 5 heteroatoms. The molecule has 0 bridgehead atoms. The van der Waals surface area contributed by atoms with Crippen LogP contribution >= 0.6 is 54.5 Å². The van der Waals surface area contributed by atoms with Gasteiger partial charge in [0.15, 0.2) is 0 Å². The molecule has 0 aliphatic carbocycles. The molecule has 2 aromatic carbocycles. The van der Waals surface area contributed by atoms with E-state index in [1.807, 2.05) is 36.4 Å². The Morgan fingerprint density at radius 3 is 2.50 bits per heavy atom. The van der Waals surface area contributed by atoms with Crippen molar-refractivity contribution in [3.8, 4) is 6.07 Å². The van der Waals surface area contributed by atoms with Crippen LogP contribution < -0.4 is 5.32 Å². The van der Waals surface area contributed by atoms with Crippen molar-refractivity contribution in [1.82, 2.24) is 0 Å². The first-order chi connectivity index (χ1) is 8.61.